The molecule has 25 heavy (non-hydrogen) atoms. The standard InChI is InChI=1S/C15H23N5O4S/c1-3-20-7-6-13(19-20)14(21)10(2)15(16)18-12-5-4-11(8-12)9-24-25(17,22)23/h6-7,11-12H,2-5,8-9H2,1H3,(H2,16,18)(H2,17,22,23). The zero-order valence-electron chi connectivity index (χ0n) is 14.1. The summed E-state index contributed by atoms with van der Waals surface area (Å²) in [6, 6.07) is 1.51. The summed E-state index contributed by atoms with van der Waals surface area (Å²) >= 11 is 0. The van der Waals surface area contributed by atoms with Crippen LogP contribution < -0.4 is 10.9 Å². The first-order valence-corrected chi connectivity index (χ1v) is 9.44. The van der Waals surface area contributed by atoms with Gasteiger partial charge in [-0.1, -0.05) is 6.58 Å². The van der Waals surface area contributed by atoms with Gasteiger partial charge in [0.2, 0.25) is 5.78 Å². The molecule has 1 aromatic heterocycles. The van der Waals surface area contributed by atoms with E-state index in [0.29, 0.717) is 13.0 Å². The SMILES string of the molecule is C=C(C(=O)c1ccn(CC)n1)C(N)=NC1CCC(COS(N)(=O)=O)C1. The summed E-state index contributed by atoms with van der Waals surface area (Å²) in [6.07, 6.45) is 3.80. The molecular formula is C15H23N5O4S. The van der Waals surface area contributed by atoms with Gasteiger partial charge < -0.3 is 5.73 Å². The molecule has 0 saturated heterocycles. The molecule has 0 spiro atoms. The fraction of sp³-hybridized carbons (Fsp3) is 0.533. The van der Waals surface area contributed by atoms with Gasteiger partial charge in [0.1, 0.15) is 11.5 Å². The van der Waals surface area contributed by atoms with Gasteiger partial charge in [0, 0.05) is 12.7 Å². The summed E-state index contributed by atoms with van der Waals surface area (Å²) < 4.78 is 27.9. The molecule has 1 heterocycles. The number of hydrogen-bond donors (Lipinski definition) is 2. The first-order valence-electron chi connectivity index (χ1n) is 7.97. The molecule has 2 atom stereocenters. The van der Waals surface area contributed by atoms with Gasteiger partial charge in [0.05, 0.1) is 18.2 Å². The minimum absolute atomic E-state index is 0.0269. The molecule has 1 saturated carbocycles. The Balaban J connectivity index is 1.94. The second-order valence-electron chi connectivity index (χ2n) is 5.99. The zero-order valence-corrected chi connectivity index (χ0v) is 14.9. The number of carbonyl (C=O) groups excluding carboxylic acids is 1. The molecule has 9 nitrogen and oxygen atoms in total. The van der Waals surface area contributed by atoms with Crippen LogP contribution in [0.4, 0.5) is 0 Å². The average Bonchev–Trinajstić information content (AvgIpc) is 3.19. The molecule has 1 aliphatic rings. The fourth-order valence-electron chi connectivity index (χ4n) is 2.71. The number of aliphatic imine (C=N–C) groups is 1. The largest absolute Gasteiger partial charge is 0.383 e. The number of aryl methyl sites for hydroxylation is 1. The van der Waals surface area contributed by atoms with Crippen LogP contribution in [0.3, 0.4) is 0 Å². The van der Waals surface area contributed by atoms with Crippen molar-refractivity contribution in [3.63, 3.8) is 0 Å². The van der Waals surface area contributed by atoms with Crippen LogP contribution in [0.1, 0.15) is 36.7 Å². The summed E-state index contributed by atoms with van der Waals surface area (Å²) in [7, 11) is -3.94. The van der Waals surface area contributed by atoms with Crippen molar-refractivity contribution in [1.82, 2.24) is 9.78 Å². The summed E-state index contributed by atoms with van der Waals surface area (Å²) in [5, 5.41) is 8.95. The number of aromatic nitrogens is 2. The van der Waals surface area contributed by atoms with Crippen molar-refractivity contribution in [3.05, 3.63) is 30.1 Å². The Labute approximate surface area is 147 Å². The van der Waals surface area contributed by atoms with Crippen molar-refractivity contribution in [2.75, 3.05) is 6.61 Å². The Hall–Kier alpha value is -2.04. The second kappa shape index (κ2) is 7.89. The predicted molar refractivity (Wildman–Crippen MR) is 93.2 cm³/mol. The van der Waals surface area contributed by atoms with E-state index >= 15 is 0 Å². The van der Waals surface area contributed by atoms with Gasteiger partial charge in [0.25, 0.3) is 0 Å². The molecule has 0 radical (unpaired) electrons. The molecule has 0 aliphatic heterocycles. The second-order valence-corrected chi connectivity index (χ2v) is 7.21. The van der Waals surface area contributed by atoms with Crippen LogP contribution in [-0.2, 0) is 21.0 Å². The Morgan fingerprint density at radius 3 is 2.84 bits per heavy atom. The van der Waals surface area contributed by atoms with Crippen molar-refractivity contribution >= 4 is 21.9 Å². The van der Waals surface area contributed by atoms with E-state index in [4.69, 9.17) is 10.9 Å². The van der Waals surface area contributed by atoms with Gasteiger partial charge in [0.15, 0.2) is 0 Å². The number of carbonyl (C=O) groups is 1. The first kappa shape index (κ1) is 19.3. The van der Waals surface area contributed by atoms with Gasteiger partial charge in [-0.25, -0.2) is 5.14 Å². The lowest BCUT2D eigenvalue weighted by molar-refractivity contribution is 0.103. The van der Waals surface area contributed by atoms with Crippen LogP contribution in [-0.4, -0.2) is 42.5 Å². The topological polar surface area (TPSA) is 143 Å². The highest BCUT2D eigenvalue weighted by atomic mass is 32.2. The van der Waals surface area contributed by atoms with Crippen molar-refractivity contribution < 1.29 is 17.4 Å². The molecular weight excluding hydrogens is 346 g/mol. The molecule has 0 bridgehead atoms. The van der Waals surface area contributed by atoms with Crippen LogP contribution in [0.15, 0.2) is 29.4 Å². The fourth-order valence-corrected chi connectivity index (χ4v) is 3.09. The van der Waals surface area contributed by atoms with Crippen molar-refractivity contribution in [3.8, 4) is 0 Å². The lowest BCUT2D eigenvalue weighted by Crippen LogP contribution is -2.23. The highest BCUT2D eigenvalue weighted by Crippen LogP contribution is 2.28. The summed E-state index contributed by atoms with van der Waals surface area (Å²) in [5.41, 5.74) is 6.29. The minimum Gasteiger partial charge on any atom is -0.383 e. The minimum atomic E-state index is -3.94. The predicted octanol–water partition coefficient (Wildman–Crippen LogP) is 0.388. The van der Waals surface area contributed by atoms with Crippen LogP contribution in [0.2, 0.25) is 0 Å². The van der Waals surface area contributed by atoms with Crippen LogP contribution in [0.25, 0.3) is 0 Å². The van der Waals surface area contributed by atoms with E-state index in [1.807, 2.05) is 6.92 Å². The lowest BCUT2D eigenvalue weighted by atomic mass is 10.1. The van der Waals surface area contributed by atoms with Gasteiger partial charge in [-0.15, -0.1) is 0 Å². The Morgan fingerprint density at radius 1 is 1.52 bits per heavy atom. The molecule has 1 aliphatic carbocycles. The van der Waals surface area contributed by atoms with E-state index in [9.17, 15) is 13.2 Å². The Kier molecular flexibility index (Phi) is 6.09. The van der Waals surface area contributed by atoms with Crippen LogP contribution in [0, 0.1) is 5.92 Å². The van der Waals surface area contributed by atoms with Gasteiger partial charge in [-0.05, 0) is 38.2 Å². The number of rotatable bonds is 8. The molecule has 10 heteroatoms. The number of amidine groups is 1. The van der Waals surface area contributed by atoms with E-state index in [1.165, 1.54) is 0 Å². The summed E-state index contributed by atoms with van der Waals surface area (Å²) in [5.74, 6) is -0.251. The molecule has 2 rings (SSSR count). The number of ketones is 1. The third kappa shape index (κ3) is 5.48. The van der Waals surface area contributed by atoms with E-state index in [1.54, 1.807) is 16.9 Å². The Bertz CT molecular complexity index is 784. The highest BCUT2D eigenvalue weighted by Gasteiger charge is 2.27. The number of nitrogens with two attached hydrogens (primary N) is 2. The van der Waals surface area contributed by atoms with Crippen molar-refractivity contribution in [2.24, 2.45) is 21.8 Å². The highest BCUT2D eigenvalue weighted by molar-refractivity contribution is 7.84. The molecule has 1 fully saturated rings. The summed E-state index contributed by atoms with van der Waals surface area (Å²) in [4.78, 5) is 16.7. The maximum absolute atomic E-state index is 12.3. The van der Waals surface area contributed by atoms with Crippen molar-refractivity contribution in [2.45, 2.75) is 38.8 Å². The van der Waals surface area contributed by atoms with Gasteiger partial charge >= 0.3 is 10.3 Å². The quantitative estimate of drug-likeness (QED) is 0.294. The monoisotopic (exact) mass is 369 g/mol. The van der Waals surface area contributed by atoms with E-state index in [2.05, 4.69) is 20.9 Å². The van der Waals surface area contributed by atoms with Crippen LogP contribution in [0.5, 0.6) is 0 Å². The molecule has 1 aromatic rings. The molecule has 0 amide bonds. The van der Waals surface area contributed by atoms with E-state index in [-0.39, 0.29) is 41.5 Å². The Morgan fingerprint density at radius 2 is 2.24 bits per heavy atom. The zero-order chi connectivity index (χ0) is 18.6. The molecule has 4 N–H and O–H groups in total. The smallest absolute Gasteiger partial charge is 0.333 e. The number of nitrogens with zero attached hydrogens (tertiary/aromatic N) is 3. The molecule has 2 unspecified atom stereocenters. The number of Topliss-reactive ketones (excluding diaryl/α,β-unsaturated/α-hetero) is 1. The summed E-state index contributed by atoms with van der Waals surface area (Å²) in [6.45, 7) is 6.33. The lowest BCUT2D eigenvalue weighted by Gasteiger charge is -2.09. The first-order chi connectivity index (χ1) is 11.7. The van der Waals surface area contributed by atoms with E-state index in [0.717, 1.165) is 12.8 Å². The van der Waals surface area contributed by atoms with Crippen LogP contribution >= 0.6 is 0 Å². The number of hydrogen-bond acceptors (Lipinski definition) is 6. The van der Waals surface area contributed by atoms with Crippen molar-refractivity contribution in [1.29, 1.82) is 0 Å². The normalized spacial score (nSPS) is 21.4. The third-order valence-electron chi connectivity index (χ3n) is 4.08. The van der Waals surface area contributed by atoms with Gasteiger partial charge in [-0.2, -0.15) is 13.5 Å². The average molecular weight is 369 g/mol. The maximum atomic E-state index is 12.3. The molecule has 0 aromatic carbocycles. The van der Waals surface area contributed by atoms with E-state index < -0.39 is 10.3 Å². The van der Waals surface area contributed by atoms with Gasteiger partial charge in [-0.3, -0.25) is 18.7 Å². The molecule has 138 valence electrons. The third-order valence-corrected chi connectivity index (χ3v) is 4.55. The maximum Gasteiger partial charge on any atom is 0.333 e.